The van der Waals surface area contributed by atoms with Crippen LogP contribution in [-0.4, -0.2) is 87.0 Å². The van der Waals surface area contributed by atoms with Gasteiger partial charge in [0.2, 0.25) is 11.8 Å². The number of rotatable bonds is 11. The molecule has 4 rings (SSSR count). The highest BCUT2D eigenvalue weighted by atomic mass is 35.5. The van der Waals surface area contributed by atoms with Gasteiger partial charge in [-0.1, -0.05) is 43.7 Å². The zero-order valence-corrected chi connectivity index (χ0v) is 30.2. The highest BCUT2D eigenvalue weighted by molar-refractivity contribution is 7.90. The molecule has 4 atom stereocenters. The summed E-state index contributed by atoms with van der Waals surface area (Å²) in [5.41, 5.74) is -1.41. The first-order valence-electron chi connectivity index (χ1n) is 16.0. The van der Waals surface area contributed by atoms with Crippen LogP contribution in [0.1, 0.15) is 41.0 Å². The Hall–Kier alpha value is -4.30. The van der Waals surface area contributed by atoms with Crippen molar-refractivity contribution in [3.8, 4) is 0 Å². The third-order valence-corrected chi connectivity index (χ3v) is 10.1. The summed E-state index contributed by atoms with van der Waals surface area (Å²) in [6.45, 7) is 12.9. The lowest BCUT2D eigenvalue weighted by Gasteiger charge is -2.43. The molecule has 2 fully saturated rings. The summed E-state index contributed by atoms with van der Waals surface area (Å²) in [7, 11) is -2.76. The molecule has 0 radical (unpaired) electrons. The number of amides is 4. The van der Waals surface area contributed by atoms with Gasteiger partial charge in [0.15, 0.2) is 0 Å². The van der Waals surface area contributed by atoms with Crippen molar-refractivity contribution in [3.05, 3.63) is 66.2 Å². The topological polar surface area (TPSA) is 166 Å². The molecule has 4 amide bonds. The molecule has 0 aromatic heterocycles. The number of nitrogens with one attached hydrogen (secondary N) is 4. The van der Waals surface area contributed by atoms with E-state index < -0.39 is 63.0 Å². The van der Waals surface area contributed by atoms with Crippen LogP contribution in [0.15, 0.2) is 66.1 Å². The average molecular weight is 717 g/mol. The standard InChI is InChI=1S/C34H45ClN6O7S/c1-8-22-19-34(22,31(44)39-49(46,47)27-12-10-9-11-25(27)36-7)38-29(42)26-20-40(17-18-41(26)24-15-13-23(35)14-16-24)30(43)28(21(2)3)37-32(45)48-33(4,5)6/h8-16,21-22,26,28,36H,1,17-20H2,2-7H3,(H,37,45)(H,38,42)(H,39,44)/t22-,26?,28+,34-/m1/s1. The molecular formula is C34H45ClN6O7S. The maximum atomic E-state index is 14.2. The van der Waals surface area contributed by atoms with Gasteiger partial charge in [0.05, 0.1) is 12.2 Å². The van der Waals surface area contributed by atoms with Crippen molar-refractivity contribution in [1.29, 1.82) is 0 Å². The van der Waals surface area contributed by atoms with E-state index in [0.717, 1.165) is 0 Å². The van der Waals surface area contributed by atoms with Crippen LogP contribution in [0.2, 0.25) is 5.02 Å². The van der Waals surface area contributed by atoms with Crippen LogP contribution in [0, 0.1) is 11.8 Å². The summed E-state index contributed by atoms with van der Waals surface area (Å²) in [6, 6.07) is 11.1. The molecule has 2 aromatic carbocycles. The van der Waals surface area contributed by atoms with Crippen molar-refractivity contribution < 1.29 is 32.3 Å². The average Bonchev–Trinajstić information content (AvgIpc) is 3.76. The molecule has 1 aliphatic carbocycles. The van der Waals surface area contributed by atoms with Gasteiger partial charge in [-0.15, -0.1) is 6.58 Å². The van der Waals surface area contributed by atoms with E-state index in [4.69, 9.17) is 16.3 Å². The van der Waals surface area contributed by atoms with Crippen LogP contribution in [0.25, 0.3) is 0 Å². The van der Waals surface area contributed by atoms with Gasteiger partial charge in [0.25, 0.3) is 15.9 Å². The van der Waals surface area contributed by atoms with E-state index in [1.807, 2.05) is 0 Å². The molecule has 13 nitrogen and oxygen atoms in total. The third kappa shape index (κ3) is 8.66. The monoisotopic (exact) mass is 716 g/mol. The van der Waals surface area contributed by atoms with E-state index in [9.17, 15) is 27.6 Å². The molecule has 1 unspecified atom stereocenters. The lowest BCUT2D eigenvalue weighted by Crippen LogP contribution is -2.65. The van der Waals surface area contributed by atoms with Gasteiger partial charge in [-0.05, 0) is 69.5 Å². The fourth-order valence-corrected chi connectivity index (χ4v) is 7.19. The maximum Gasteiger partial charge on any atom is 0.408 e. The maximum absolute atomic E-state index is 14.2. The summed E-state index contributed by atoms with van der Waals surface area (Å²) >= 11 is 6.14. The van der Waals surface area contributed by atoms with Gasteiger partial charge in [-0.25, -0.2) is 17.9 Å². The number of anilines is 2. The molecule has 0 spiro atoms. The number of hydrogen-bond donors (Lipinski definition) is 4. The molecule has 4 N–H and O–H groups in total. The van der Waals surface area contributed by atoms with Gasteiger partial charge in [-0.3, -0.25) is 14.4 Å². The van der Waals surface area contributed by atoms with Crippen molar-refractivity contribution in [1.82, 2.24) is 20.3 Å². The fourth-order valence-electron chi connectivity index (χ4n) is 5.81. The lowest BCUT2D eigenvalue weighted by molar-refractivity contribution is -0.137. The lowest BCUT2D eigenvalue weighted by atomic mass is 10.0. The minimum absolute atomic E-state index is 0.0865. The van der Waals surface area contributed by atoms with Gasteiger partial charge >= 0.3 is 6.09 Å². The molecular weight excluding hydrogens is 672 g/mol. The molecule has 2 aromatic rings. The second kappa shape index (κ2) is 14.7. The Morgan fingerprint density at radius 3 is 2.29 bits per heavy atom. The number of carbonyl (C=O) groups is 4. The molecule has 2 aliphatic rings. The molecule has 1 saturated carbocycles. The minimum atomic E-state index is -4.32. The third-order valence-electron chi connectivity index (χ3n) is 8.48. The van der Waals surface area contributed by atoms with Crippen LogP contribution < -0.4 is 25.6 Å². The summed E-state index contributed by atoms with van der Waals surface area (Å²) in [5, 5.41) is 8.80. The van der Waals surface area contributed by atoms with E-state index in [1.54, 1.807) is 83.0 Å². The molecule has 266 valence electrons. The predicted molar refractivity (Wildman–Crippen MR) is 188 cm³/mol. The molecule has 0 bridgehead atoms. The van der Waals surface area contributed by atoms with Gasteiger partial charge in [0.1, 0.15) is 28.1 Å². The highest BCUT2D eigenvalue weighted by Crippen LogP contribution is 2.45. The number of sulfonamides is 1. The molecule has 1 aliphatic heterocycles. The Morgan fingerprint density at radius 1 is 1.06 bits per heavy atom. The molecule has 49 heavy (non-hydrogen) atoms. The zero-order chi connectivity index (χ0) is 36.3. The Kier molecular flexibility index (Phi) is 11.2. The van der Waals surface area contributed by atoms with Crippen LogP contribution in [0.4, 0.5) is 16.2 Å². The van der Waals surface area contributed by atoms with Crippen LogP contribution >= 0.6 is 11.6 Å². The van der Waals surface area contributed by atoms with E-state index in [0.29, 0.717) is 16.4 Å². The van der Waals surface area contributed by atoms with Crippen molar-refractivity contribution >= 4 is 56.8 Å². The largest absolute Gasteiger partial charge is 0.444 e. The minimum Gasteiger partial charge on any atom is -0.444 e. The number of carbonyl (C=O) groups excluding carboxylic acids is 4. The van der Waals surface area contributed by atoms with E-state index in [2.05, 4.69) is 27.3 Å². The van der Waals surface area contributed by atoms with Crippen LogP contribution in [0.5, 0.6) is 0 Å². The van der Waals surface area contributed by atoms with E-state index >= 15 is 0 Å². The second-order valence-corrected chi connectivity index (χ2v) is 15.6. The molecule has 1 heterocycles. The summed E-state index contributed by atoms with van der Waals surface area (Å²) in [5.74, 6) is -2.74. The Labute approximate surface area is 292 Å². The number of para-hydroxylation sites is 1. The molecule has 15 heteroatoms. The normalized spacial score (nSPS) is 21.3. The number of hydrogen-bond acceptors (Lipinski definition) is 9. The van der Waals surface area contributed by atoms with Gasteiger partial charge in [0, 0.05) is 36.8 Å². The first-order chi connectivity index (χ1) is 22.9. The Bertz CT molecular complexity index is 1700. The number of alkyl carbamates (subject to hydrolysis) is 1. The van der Waals surface area contributed by atoms with Crippen molar-refractivity contribution in [2.24, 2.45) is 11.8 Å². The summed E-state index contributed by atoms with van der Waals surface area (Å²) in [6.07, 6.45) is 0.887. The Morgan fingerprint density at radius 2 is 1.71 bits per heavy atom. The molecule has 1 saturated heterocycles. The van der Waals surface area contributed by atoms with Crippen molar-refractivity contribution in [2.45, 2.75) is 69.2 Å². The van der Waals surface area contributed by atoms with Crippen molar-refractivity contribution in [2.75, 3.05) is 36.9 Å². The van der Waals surface area contributed by atoms with Crippen LogP contribution in [0.3, 0.4) is 0 Å². The van der Waals surface area contributed by atoms with Crippen LogP contribution in [-0.2, 0) is 29.1 Å². The van der Waals surface area contributed by atoms with E-state index in [1.165, 1.54) is 23.1 Å². The smallest absolute Gasteiger partial charge is 0.408 e. The zero-order valence-electron chi connectivity index (χ0n) is 28.6. The quantitative estimate of drug-likeness (QED) is 0.255. The number of benzene rings is 2. The number of piperazine rings is 1. The fraction of sp³-hybridized carbons (Fsp3) is 0.471. The van der Waals surface area contributed by atoms with Gasteiger partial charge in [-0.2, -0.15) is 0 Å². The SMILES string of the molecule is C=C[C@@H]1C[C@]1(NC(=O)C1CN(C(=O)[C@@H](NC(=O)OC(C)(C)C)C(C)C)CCN1c1ccc(Cl)cc1)C(=O)NS(=O)(=O)c1ccccc1NC. The van der Waals surface area contributed by atoms with Gasteiger partial charge < -0.3 is 30.5 Å². The second-order valence-electron chi connectivity index (χ2n) is 13.5. The number of halogens is 1. The number of ether oxygens (including phenoxy) is 1. The Balaban J connectivity index is 1.61. The predicted octanol–water partition coefficient (Wildman–Crippen LogP) is 3.51. The summed E-state index contributed by atoms with van der Waals surface area (Å²) in [4.78, 5) is 57.6. The number of nitrogens with zero attached hydrogens (tertiary/aromatic N) is 2. The van der Waals surface area contributed by atoms with Crippen molar-refractivity contribution in [3.63, 3.8) is 0 Å². The highest BCUT2D eigenvalue weighted by Gasteiger charge is 2.61. The first-order valence-corrected chi connectivity index (χ1v) is 17.9. The summed E-state index contributed by atoms with van der Waals surface area (Å²) < 4.78 is 34.2. The first kappa shape index (κ1) is 37.5. The van der Waals surface area contributed by atoms with E-state index in [-0.39, 0.29) is 36.9 Å².